The lowest BCUT2D eigenvalue weighted by Gasteiger charge is -2.26. The zero-order valence-corrected chi connectivity index (χ0v) is 16.7. The molecule has 1 aromatic carbocycles. The molecule has 0 aliphatic heterocycles. The van der Waals surface area contributed by atoms with Gasteiger partial charge in [-0.15, -0.1) is 0 Å². The van der Waals surface area contributed by atoms with Crippen molar-refractivity contribution >= 4 is 50.8 Å². The fourth-order valence-corrected chi connectivity index (χ4v) is 4.46. The second-order valence-corrected chi connectivity index (χ2v) is 8.29. The first-order valence-corrected chi connectivity index (χ1v) is 10.5. The number of aliphatic hydroxyl groups excluding tert-OH is 1. The van der Waals surface area contributed by atoms with Gasteiger partial charge in [0, 0.05) is 12.3 Å². The van der Waals surface area contributed by atoms with Gasteiger partial charge in [-0.05, 0) is 55.5 Å². The fourth-order valence-electron chi connectivity index (χ4n) is 3.54. The van der Waals surface area contributed by atoms with Gasteiger partial charge in [0.2, 0.25) is 0 Å². The van der Waals surface area contributed by atoms with Crippen molar-refractivity contribution < 1.29 is 9.90 Å². The minimum atomic E-state index is -0.525. The van der Waals surface area contributed by atoms with Gasteiger partial charge in [-0.3, -0.25) is 0 Å². The third kappa shape index (κ3) is 4.60. The van der Waals surface area contributed by atoms with E-state index in [4.69, 9.17) is 5.41 Å². The van der Waals surface area contributed by atoms with Crippen LogP contribution in [0.3, 0.4) is 0 Å². The van der Waals surface area contributed by atoms with E-state index in [0.29, 0.717) is 11.9 Å². The number of carbonyl (C=O) groups excluding carboxylic acids is 1. The number of fused-ring (bicyclic) bond motifs is 1. The Labute approximate surface area is 172 Å². The molecule has 4 rings (SSSR count). The number of rotatable bonds is 7. The highest BCUT2D eigenvalue weighted by atomic mass is 32.1. The Morgan fingerprint density at radius 3 is 2.69 bits per heavy atom. The third-order valence-corrected chi connectivity index (χ3v) is 6.09. The molecular weight excluding hydrogens is 386 g/mol. The molecule has 3 aromatic rings. The van der Waals surface area contributed by atoms with E-state index in [1.165, 1.54) is 11.3 Å². The molecule has 7 nitrogen and oxygen atoms in total. The molecule has 0 amide bonds. The zero-order chi connectivity index (χ0) is 20.2. The highest BCUT2D eigenvalue weighted by molar-refractivity contribution is 7.22. The number of thiazole rings is 1. The Morgan fingerprint density at radius 2 is 1.93 bits per heavy atom. The Hall–Kier alpha value is -2.84. The van der Waals surface area contributed by atoms with Crippen molar-refractivity contribution in [3.8, 4) is 0 Å². The standard InChI is InChI=1S/C21H23N5O2S/c22-11-14(12-27)13-4-9-17-18(10-13)29-21(24-17)26-20-3-1-2-19(25-20)23-15-5-7-16(28)8-6-15/h1-4,9-12,14-16,22,28H,5-8H2,(H2,23,24,25,26). The lowest BCUT2D eigenvalue weighted by atomic mass is 9.93. The summed E-state index contributed by atoms with van der Waals surface area (Å²) in [5.41, 5.74) is 1.63. The van der Waals surface area contributed by atoms with E-state index >= 15 is 0 Å². The van der Waals surface area contributed by atoms with Crippen LogP contribution in [0.25, 0.3) is 10.2 Å². The molecule has 4 N–H and O–H groups in total. The summed E-state index contributed by atoms with van der Waals surface area (Å²) < 4.78 is 0.953. The van der Waals surface area contributed by atoms with Gasteiger partial charge in [0.1, 0.15) is 17.9 Å². The molecule has 2 heterocycles. The zero-order valence-electron chi connectivity index (χ0n) is 15.8. The van der Waals surface area contributed by atoms with Crippen LogP contribution in [0.15, 0.2) is 36.4 Å². The number of benzene rings is 1. The molecule has 150 valence electrons. The van der Waals surface area contributed by atoms with Gasteiger partial charge in [-0.25, -0.2) is 9.97 Å². The number of nitrogens with zero attached hydrogens (tertiary/aromatic N) is 2. The normalized spacial score (nSPS) is 20.2. The van der Waals surface area contributed by atoms with Gasteiger partial charge in [-0.1, -0.05) is 23.5 Å². The van der Waals surface area contributed by atoms with E-state index in [1.54, 1.807) is 0 Å². The van der Waals surface area contributed by atoms with Crippen LogP contribution < -0.4 is 10.6 Å². The van der Waals surface area contributed by atoms with E-state index in [2.05, 4.69) is 20.6 Å². The number of anilines is 3. The largest absolute Gasteiger partial charge is 0.393 e. The summed E-state index contributed by atoms with van der Waals surface area (Å²) in [4.78, 5) is 20.3. The van der Waals surface area contributed by atoms with Gasteiger partial charge >= 0.3 is 0 Å². The van der Waals surface area contributed by atoms with Gasteiger partial charge in [0.25, 0.3) is 0 Å². The number of nitrogens with one attached hydrogen (secondary N) is 3. The van der Waals surface area contributed by atoms with Crippen LogP contribution in [0.1, 0.15) is 37.2 Å². The smallest absolute Gasteiger partial charge is 0.189 e. The molecule has 0 bridgehead atoms. The number of hydrogen-bond acceptors (Lipinski definition) is 8. The highest BCUT2D eigenvalue weighted by Gasteiger charge is 2.19. The molecule has 8 heteroatoms. The van der Waals surface area contributed by atoms with Crippen molar-refractivity contribution in [2.45, 2.75) is 43.7 Å². The van der Waals surface area contributed by atoms with E-state index < -0.39 is 5.92 Å². The number of carbonyl (C=O) groups is 1. The Balaban J connectivity index is 1.48. The number of aromatic nitrogens is 2. The Morgan fingerprint density at radius 1 is 1.14 bits per heavy atom. The number of pyridine rings is 1. The summed E-state index contributed by atoms with van der Waals surface area (Å²) >= 11 is 1.48. The van der Waals surface area contributed by atoms with Crippen LogP contribution in [0.4, 0.5) is 16.8 Å². The quantitative estimate of drug-likeness (QED) is 0.346. The summed E-state index contributed by atoms with van der Waals surface area (Å²) in [6.07, 6.45) is 5.28. The molecule has 29 heavy (non-hydrogen) atoms. The predicted octanol–water partition coefficient (Wildman–Crippen LogP) is 4.08. The van der Waals surface area contributed by atoms with Gasteiger partial charge < -0.3 is 25.9 Å². The molecule has 0 saturated heterocycles. The van der Waals surface area contributed by atoms with Crippen molar-refractivity contribution in [3.05, 3.63) is 42.0 Å². The molecule has 1 unspecified atom stereocenters. The van der Waals surface area contributed by atoms with Gasteiger partial charge in [0.05, 0.1) is 22.2 Å². The van der Waals surface area contributed by atoms with E-state index in [1.807, 2.05) is 36.4 Å². The summed E-state index contributed by atoms with van der Waals surface area (Å²) in [5, 5.41) is 24.5. The molecule has 1 fully saturated rings. The van der Waals surface area contributed by atoms with Crippen LogP contribution in [0, 0.1) is 5.41 Å². The average molecular weight is 410 g/mol. The molecule has 1 saturated carbocycles. The van der Waals surface area contributed by atoms with Gasteiger partial charge in [-0.2, -0.15) is 0 Å². The number of aliphatic hydroxyl groups is 1. The minimum absolute atomic E-state index is 0.172. The fraction of sp³-hybridized carbons (Fsp3) is 0.333. The maximum Gasteiger partial charge on any atom is 0.189 e. The molecule has 0 spiro atoms. The molecular formula is C21H23N5O2S. The third-order valence-electron chi connectivity index (χ3n) is 5.16. The van der Waals surface area contributed by atoms with Crippen molar-refractivity contribution in [1.82, 2.24) is 9.97 Å². The maximum atomic E-state index is 11.1. The van der Waals surface area contributed by atoms with E-state index in [9.17, 15) is 9.90 Å². The molecule has 1 atom stereocenters. The SMILES string of the molecule is N=CC(C=O)c1ccc2nc(Nc3cccc(NC4CCC(O)CC4)n3)sc2c1. The van der Waals surface area contributed by atoms with E-state index in [0.717, 1.165) is 64.9 Å². The average Bonchev–Trinajstić information content (AvgIpc) is 3.12. The summed E-state index contributed by atoms with van der Waals surface area (Å²) in [5.74, 6) is 0.984. The monoisotopic (exact) mass is 409 g/mol. The van der Waals surface area contributed by atoms with Gasteiger partial charge in [0.15, 0.2) is 5.13 Å². The van der Waals surface area contributed by atoms with Crippen LogP contribution >= 0.6 is 11.3 Å². The van der Waals surface area contributed by atoms with Crippen LogP contribution in [0.2, 0.25) is 0 Å². The van der Waals surface area contributed by atoms with Crippen LogP contribution in [0.5, 0.6) is 0 Å². The first-order chi connectivity index (χ1) is 14.1. The first-order valence-electron chi connectivity index (χ1n) is 9.69. The summed E-state index contributed by atoms with van der Waals surface area (Å²) in [6.45, 7) is 0. The molecule has 1 aliphatic carbocycles. The Kier molecular flexibility index (Phi) is 5.82. The summed E-state index contributed by atoms with van der Waals surface area (Å²) in [7, 11) is 0. The van der Waals surface area contributed by atoms with Crippen molar-refractivity contribution in [3.63, 3.8) is 0 Å². The maximum absolute atomic E-state index is 11.1. The minimum Gasteiger partial charge on any atom is -0.393 e. The van der Waals surface area contributed by atoms with E-state index in [-0.39, 0.29) is 6.10 Å². The molecule has 1 aliphatic rings. The highest BCUT2D eigenvalue weighted by Crippen LogP contribution is 2.30. The second kappa shape index (κ2) is 8.67. The van der Waals surface area contributed by atoms with Crippen LogP contribution in [-0.2, 0) is 4.79 Å². The first kappa shape index (κ1) is 19.5. The van der Waals surface area contributed by atoms with Crippen molar-refractivity contribution in [2.24, 2.45) is 0 Å². The number of aldehydes is 1. The Bertz CT molecular complexity index is 1010. The second-order valence-electron chi connectivity index (χ2n) is 7.26. The van der Waals surface area contributed by atoms with Crippen molar-refractivity contribution in [1.29, 1.82) is 5.41 Å². The lowest BCUT2D eigenvalue weighted by molar-refractivity contribution is -0.107. The topological polar surface area (TPSA) is 111 Å². The van der Waals surface area contributed by atoms with Crippen LogP contribution in [-0.4, -0.2) is 39.7 Å². The molecule has 2 aromatic heterocycles. The molecule has 0 radical (unpaired) electrons. The lowest BCUT2D eigenvalue weighted by Crippen LogP contribution is -2.28. The predicted molar refractivity (Wildman–Crippen MR) is 117 cm³/mol. The number of hydrogen-bond donors (Lipinski definition) is 4. The van der Waals surface area contributed by atoms with Crippen molar-refractivity contribution in [2.75, 3.05) is 10.6 Å². The summed E-state index contributed by atoms with van der Waals surface area (Å²) in [6, 6.07) is 11.7.